The van der Waals surface area contributed by atoms with E-state index in [1.165, 1.54) is 10.6 Å². The molecule has 0 spiro atoms. The number of nitrogens with one attached hydrogen (secondary N) is 1. The SMILES string of the molecule is O=C(Cn1cccc1C(=O)O)Nc1ccc(I)cc1Cl. The highest BCUT2D eigenvalue weighted by Crippen LogP contribution is 2.23. The zero-order valence-electron chi connectivity index (χ0n) is 10.1. The standard InChI is InChI=1S/C13H10ClIN2O3/c14-9-6-8(15)3-4-10(9)16-12(18)7-17-5-1-2-11(17)13(19)20/h1-6H,7H2,(H,16,18)(H,19,20). The molecular formula is C13H10ClIN2O3. The first kappa shape index (κ1) is 14.9. The van der Waals surface area contributed by atoms with Crippen LogP contribution in [-0.2, 0) is 11.3 Å². The summed E-state index contributed by atoms with van der Waals surface area (Å²) < 4.78 is 2.32. The van der Waals surface area contributed by atoms with E-state index in [1.54, 1.807) is 24.4 Å². The lowest BCUT2D eigenvalue weighted by molar-refractivity contribution is -0.116. The summed E-state index contributed by atoms with van der Waals surface area (Å²) in [7, 11) is 0. The van der Waals surface area contributed by atoms with Gasteiger partial charge >= 0.3 is 5.97 Å². The van der Waals surface area contributed by atoms with E-state index in [-0.39, 0.29) is 18.1 Å². The minimum Gasteiger partial charge on any atom is -0.477 e. The summed E-state index contributed by atoms with van der Waals surface area (Å²) in [5, 5.41) is 12.1. The minimum atomic E-state index is -1.07. The molecule has 104 valence electrons. The number of halogens is 2. The molecule has 0 bridgehead atoms. The van der Waals surface area contributed by atoms with E-state index in [1.807, 2.05) is 6.07 Å². The molecule has 0 saturated carbocycles. The number of rotatable bonds is 4. The van der Waals surface area contributed by atoms with Crippen molar-refractivity contribution in [1.29, 1.82) is 0 Å². The molecule has 2 rings (SSSR count). The third kappa shape index (κ3) is 3.51. The van der Waals surface area contributed by atoms with E-state index >= 15 is 0 Å². The monoisotopic (exact) mass is 404 g/mol. The maximum Gasteiger partial charge on any atom is 0.352 e. The Morgan fingerprint density at radius 3 is 2.75 bits per heavy atom. The quantitative estimate of drug-likeness (QED) is 0.770. The smallest absolute Gasteiger partial charge is 0.352 e. The fourth-order valence-corrected chi connectivity index (χ4v) is 2.58. The number of aromatic carboxylic acids is 1. The summed E-state index contributed by atoms with van der Waals surface area (Å²) in [4.78, 5) is 22.8. The first-order valence-electron chi connectivity index (χ1n) is 5.60. The molecule has 5 nitrogen and oxygen atoms in total. The zero-order valence-corrected chi connectivity index (χ0v) is 13.1. The number of hydrogen-bond acceptors (Lipinski definition) is 2. The third-order valence-corrected chi connectivity index (χ3v) is 3.55. The van der Waals surface area contributed by atoms with Gasteiger partial charge in [-0.05, 0) is 52.9 Å². The van der Waals surface area contributed by atoms with Crippen LogP contribution in [-0.4, -0.2) is 21.6 Å². The van der Waals surface area contributed by atoms with E-state index in [4.69, 9.17) is 16.7 Å². The molecule has 0 aliphatic carbocycles. The van der Waals surface area contributed by atoms with Gasteiger partial charge in [-0.2, -0.15) is 0 Å². The van der Waals surface area contributed by atoms with Crippen molar-refractivity contribution in [1.82, 2.24) is 4.57 Å². The van der Waals surface area contributed by atoms with Crippen LogP contribution in [0, 0.1) is 3.57 Å². The van der Waals surface area contributed by atoms with Crippen molar-refractivity contribution in [3.63, 3.8) is 0 Å². The number of anilines is 1. The van der Waals surface area contributed by atoms with Gasteiger partial charge in [0.05, 0.1) is 10.7 Å². The first-order valence-corrected chi connectivity index (χ1v) is 7.06. The summed E-state index contributed by atoms with van der Waals surface area (Å²) in [5.41, 5.74) is 0.565. The normalized spacial score (nSPS) is 10.3. The van der Waals surface area contributed by atoms with E-state index < -0.39 is 5.97 Å². The van der Waals surface area contributed by atoms with Crippen LogP contribution in [0.25, 0.3) is 0 Å². The highest BCUT2D eigenvalue weighted by molar-refractivity contribution is 14.1. The average Bonchev–Trinajstić information content (AvgIpc) is 2.81. The maximum absolute atomic E-state index is 11.9. The van der Waals surface area contributed by atoms with Crippen molar-refractivity contribution in [2.24, 2.45) is 0 Å². The molecule has 1 heterocycles. The van der Waals surface area contributed by atoms with Gasteiger partial charge in [0.15, 0.2) is 0 Å². The number of carbonyl (C=O) groups is 2. The lowest BCUT2D eigenvalue weighted by atomic mass is 10.3. The highest BCUT2D eigenvalue weighted by atomic mass is 127. The second kappa shape index (κ2) is 6.27. The fraction of sp³-hybridized carbons (Fsp3) is 0.0769. The van der Waals surface area contributed by atoms with E-state index in [2.05, 4.69) is 27.9 Å². The minimum absolute atomic E-state index is 0.0638. The molecule has 0 unspecified atom stereocenters. The van der Waals surface area contributed by atoms with Gasteiger partial charge in [-0.25, -0.2) is 4.79 Å². The largest absolute Gasteiger partial charge is 0.477 e. The van der Waals surface area contributed by atoms with Gasteiger partial charge in [-0.3, -0.25) is 4.79 Å². The molecule has 1 amide bonds. The second-order valence-electron chi connectivity index (χ2n) is 4.00. The number of hydrogen-bond donors (Lipinski definition) is 2. The van der Waals surface area contributed by atoms with Crippen LogP contribution >= 0.6 is 34.2 Å². The number of carboxylic acid groups (broad SMARTS) is 1. The summed E-state index contributed by atoms with van der Waals surface area (Å²) in [5.74, 6) is -1.41. The molecule has 1 aromatic carbocycles. The summed E-state index contributed by atoms with van der Waals surface area (Å²) in [6, 6.07) is 8.27. The molecule has 0 aliphatic rings. The number of amides is 1. The van der Waals surface area contributed by atoms with Gasteiger partial charge < -0.3 is 15.0 Å². The van der Waals surface area contributed by atoms with E-state index in [9.17, 15) is 9.59 Å². The summed E-state index contributed by atoms with van der Waals surface area (Å²) in [6.45, 7) is -0.0864. The van der Waals surface area contributed by atoms with Crippen molar-refractivity contribution < 1.29 is 14.7 Å². The van der Waals surface area contributed by atoms with Crippen molar-refractivity contribution in [3.05, 3.63) is 50.8 Å². The number of carbonyl (C=O) groups excluding carboxylic acids is 1. The lowest BCUT2D eigenvalue weighted by Gasteiger charge is -2.09. The van der Waals surface area contributed by atoms with Gasteiger partial charge in [0, 0.05) is 9.77 Å². The third-order valence-electron chi connectivity index (χ3n) is 2.57. The van der Waals surface area contributed by atoms with Gasteiger partial charge in [0.1, 0.15) is 12.2 Å². The Labute approximate surface area is 133 Å². The summed E-state index contributed by atoms with van der Waals surface area (Å²) in [6.07, 6.45) is 1.54. The Hall–Kier alpha value is -1.54. The van der Waals surface area contributed by atoms with Crippen molar-refractivity contribution in [2.75, 3.05) is 5.32 Å². The number of benzene rings is 1. The lowest BCUT2D eigenvalue weighted by Crippen LogP contribution is -2.21. The van der Waals surface area contributed by atoms with Crippen LogP contribution < -0.4 is 5.32 Å². The van der Waals surface area contributed by atoms with Crippen LogP contribution in [0.5, 0.6) is 0 Å². The van der Waals surface area contributed by atoms with Crippen molar-refractivity contribution in [2.45, 2.75) is 6.54 Å². The first-order chi connectivity index (χ1) is 9.47. The van der Waals surface area contributed by atoms with Crippen LogP contribution in [0.15, 0.2) is 36.5 Å². The summed E-state index contributed by atoms with van der Waals surface area (Å²) >= 11 is 8.14. The average molecular weight is 405 g/mol. The molecule has 0 atom stereocenters. The molecular weight excluding hydrogens is 395 g/mol. The number of nitrogens with zero attached hydrogens (tertiary/aromatic N) is 1. The topological polar surface area (TPSA) is 71.3 Å². The Kier molecular flexibility index (Phi) is 4.66. The molecule has 2 aromatic rings. The van der Waals surface area contributed by atoms with Crippen molar-refractivity contribution in [3.8, 4) is 0 Å². The van der Waals surface area contributed by atoms with Gasteiger partial charge in [0.25, 0.3) is 0 Å². The molecule has 1 aromatic heterocycles. The number of carboxylic acids is 1. The Bertz CT molecular complexity index is 669. The molecule has 20 heavy (non-hydrogen) atoms. The van der Waals surface area contributed by atoms with Crippen LogP contribution in [0.1, 0.15) is 10.5 Å². The van der Waals surface area contributed by atoms with Crippen LogP contribution in [0.3, 0.4) is 0 Å². The molecule has 0 fully saturated rings. The van der Waals surface area contributed by atoms with Gasteiger partial charge in [0.2, 0.25) is 5.91 Å². The Balaban J connectivity index is 2.09. The molecule has 0 aliphatic heterocycles. The number of aromatic nitrogens is 1. The van der Waals surface area contributed by atoms with Gasteiger partial charge in [-0.1, -0.05) is 11.6 Å². The molecule has 0 saturated heterocycles. The Morgan fingerprint density at radius 2 is 2.10 bits per heavy atom. The van der Waals surface area contributed by atoms with E-state index in [0.29, 0.717) is 10.7 Å². The Morgan fingerprint density at radius 1 is 1.35 bits per heavy atom. The highest BCUT2D eigenvalue weighted by Gasteiger charge is 2.12. The van der Waals surface area contributed by atoms with Crippen molar-refractivity contribution >= 4 is 51.8 Å². The molecule has 7 heteroatoms. The van der Waals surface area contributed by atoms with Gasteiger partial charge in [-0.15, -0.1) is 0 Å². The molecule has 2 N–H and O–H groups in total. The predicted molar refractivity (Wildman–Crippen MR) is 84.2 cm³/mol. The van der Waals surface area contributed by atoms with Crippen LogP contribution in [0.2, 0.25) is 5.02 Å². The van der Waals surface area contributed by atoms with Crippen LogP contribution in [0.4, 0.5) is 5.69 Å². The maximum atomic E-state index is 11.9. The molecule has 0 radical (unpaired) electrons. The fourth-order valence-electron chi connectivity index (χ4n) is 1.68. The zero-order chi connectivity index (χ0) is 14.7. The van der Waals surface area contributed by atoms with E-state index in [0.717, 1.165) is 3.57 Å². The predicted octanol–water partition coefficient (Wildman–Crippen LogP) is 3.08. The second-order valence-corrected chi connectivity index (χ2v) is 5.65.